The second-order valence-corrected chi connectivity index (χ2v) is 12.1. The highest BCUT2D eigenvalue weighted by atomic mass is 16.6. The Kier molecular flexibility index (Phi) is 8.14. The first kappa shape index (κ1) is 27.5. The summed E-state index contributed by atoms with van der Waals surface area (Å²) >= 11 is 0. The van der Waals surface area contributed by atoms with Crippen LogP contribution < -0.4 is 4.90 Å². The van der Waals surface area contributed by atoms with Crippen molar-refractivity contribution in [1.82, 2.24) is 14.7 Å². The van der Waals surface area contributed by atoms with Crippen LogP contribution >= 0.6 is 0 Å². The molecule has 0 radical (unpaired) electrons. The van der Waals surface area contributed by atoms with Crippen LogP contribution in [-0.2, 0) is 24.1 Å². The van der Waals surface area contributed by atoms with E-state index in [-0.39, 0.29) is 12.0 Å². The molecule has 3 aliphatic heterocycles. The minimum Gasteiger partial charge on any atom is -0.444 e. The summed E-state index contributed by atoms with van der Waals surface area (Å²) in [5.41, 5.74) is 5.10. The normalized spacial score (nSPS) is 19.3. The van der Waals surface area contributed by atoms with E-state index >= 15 is 0 Å². The molecule has 2 amide bonds. The molecular weight excluding hydrogens is 492 g/mol. The number of amides is 2. The van der Waals surface area contributed by atoms with Crippen LogP contribution in [0.5, 0.6) is 0 Å². The molecule has 39 heavy (non-hydrogen) atoms. The summed E-state index contributed by atoms with van der Waals surface area (Å²) in [6.45, 7) is 11.8. The third-order valence-corrected chi connectivity index (χ3v) is 7.88. The molecular formula is C31H42N4O4. The average molecular weight is 535 g/mol. The van der Waals surface area contributed by atoms with Gasteiger partial charge in [0.25, 0.3) is 5.91 Å². The molecule has 0 bridgehead atoms. The molecule has 2 aromatic rings. The maximum Gasteiger partial charge on any atom is 0.410 e. The number of ether oxygens (including phenoxy) is 1. The molecule has 1 fully saturated rings. The van der Waals surface area contributed by atoms with Crippen LogP contribution in [0.15, 0.2) is 42.5 Å². The lowest BCUT2D eigenvalue weighted by atomic mass is 9.97. The van der Waals surface area contributed by atoms with Gasteiger partial charge in [-0.05, 0) is 74.9 Å². The van der Waals surface area contributed by atoms with Crippen LogP contribution in [0.3, 0.4) is 0 Å². The van der Waals surface area contributed by atoms with Gasteiger partial charge in [0, 0.05) is 70.2 Å². The Morgan fingerprint density at radius 2 is 1.69 bits per heavy atom. The maximum absolute atomic E-state index is 13.3. The van der Waals surface area contributed by atoms with E-state index < -0.39 is 11.7 Å². The van der Waals surface area contributed by atoms with Crippen LogP contribution in [0.4, 0.5) is 10.5 Å². The fourth-order valence-corrected chi connectivity index (χ4v) is 5.90. The van der Waals surface area contributed by atoms with Crippen LogP contribution in [0.1, 0.15) is 54.2 Å². The Bertz CT molecular complexity index is 1190. The van der Waals surface area contributed by atoms with E-state index in [0.29, 0.717) is 32.7 Å². The van der Waals surface area contributed by atoms with Gasteiger partial charge in [-0.15, -0.1) is 0 Å². The monoisotopic (exact) mass is 534 g/mol. The van der Waals surface area contributed by atoms with Crippen LogP contribution in [-0.4, -0.2) is 95.9 Å². The van der Waals surface area contributed by atoms with Gasteiger partial charge >= 0.3 is 6.09 Å². The highest BCUT2D eigenvalue weighted by Gasteiger charge is 2.29. The molecule has 2 aromatic carbocycles. The second kappa shape index (κ2) is 11.6. The Balaban J connectivity index is 1.16. The van der Waals surface area contributed by atoms with Crippen molar-refractivity contribution in [1.29, 1.82) is 0 Å². The van der Waals surface area contributed by atoms with Gasteiger partial charge in [0.1, 0.15) is 5.60 Å². The molecule has 0 saturated carbocycles. The number of rotatable bonds is 5. The van der Waals surface area contributed by atoms with E-state index in [1.165, 1.54) is 11.1 Å². The van der Waals surface area contributed by atoms with Gasteiger partial charge in [0.05, 0.1) is 6.10 Å². The summed E-state index contributed by atoms with van der Waals surface area (Å²) < 4.78 is 5.56. The van der Waals surface area contributed by atoms with Gasteiger partial charge < -0.3 is 24.5 Å². The van der Waals surface area contributed by atoms with Gasteiger partial charge in [0.2, 0.25) is 0 Å². The first-order chi connectivity index (χ1) is 18.7. The molecule has 3 aliphatic rings. The highest BCUT2D eigenvalue weighted by molar-refractivity contribution is 5.97. The SMILES string of the molecule is CC(C)(C)OC(=O)N1CCCN(c2ccc3c(c2)CCN(C[C@H](O)CN2CCc4ccccc4C2)C3=O)CC1. The minimum atomic E-state index is -0.579. The van der Waals surface area contributed by atoms with Crippen molar-refractivity contribution in [3.8, 4) is 0 Å². The molecule has 1 atom stereocenters. The second-order valence-electron chi connectivity index (χ2n) is 12.1. The van der Waals surface area contributed by atoms with Crippen molar-refractivity contribution in [2.24, 2.45) is 0 Å². The standard InChI is InChI=1S/C31H42N4O4/c1-31(2,3)39-30(38)34-14-6-13-33(17-18-34)26-9-10-28-24(19-26)12-16-35(29(28)37)22-27(36)21-32-15-11-23-7-4-5-8-25(23)20-32/h4-5,7-10,19,27,36H,6,11-18,20-22H2,1-3H3/t27-/m1/s1. The van der Waals surface area contributed by atoms with E-state index in [1.807, 2.05) is 32.9 Å². The summed E-state index contributed by atoms with van der Waals surface area (Å²) in [6, 6.07) is 14.6. The number of fused-ring (bicyclic) bond motifs is 2. The molecule has 0 aliphatic carbocycles. The summed E-state index contributed by atoms with van der Waals surface area (Å²) in [5.74, 6) is -0.00203. The Morgan fingerprint density at radius 1 is 0.923 bits per heavy atom. The number of aliphatic hydroxyl groups is 1. The zero-order valence-electron chi connectivity index (χ0n) is 23.6. The van der Waals surface area contributed by atoms with Gasteiger partial charge in [-0.2, -0.15) is 0 Å². The predicted molar refractivity (Wildman–Crippen MR) is 152 cm³/mol. The van der Waals surface area contributed by atoms with Crippen molar-refractivity contribution >= 4 is 17.7 Å². The summed E-state index contributed by atoms with van der Waals surface area (Å²) in [7, 11) is 0. The van der Waals surface area contributed by atoms with E-state index in [1.54, 1.807) is 9.80 Å². The fourth-order valence-electron chi connectivity index (χ4n) is 5.90. The first-order valence-corrected chi connectivity index (χ1v) is 14.3. The number of β-amino-alcohol motifs (C(OH)–C–C–N with tert-alkyl or cyclic N) is 1. The maximum atomic E-state index is 13.3. The lowest BCUT2D eigenvalue weighted by Crippen LogP contribution is -2.46. The third kappa shape index (κ3) is 6.73. The van der Waals surface area contributed by atoms with E-state index in [2.05, 4.69) is 40.1 Å². The molecule has 1 saturated heterocycles. The number of hydrogen-bond donors (Lipinski definition) is 1. The summed E-state index contributed by atoms with van der Waals surface area (Å²) in [5, 5.41) is 10.9. The molecule has 0 aromatic heterocycles. The summed E-state index contributed by atoms with van der Waals surface area (Å²) in [6.07, 6.45) is 1.80. The van der Waals surface area contributed by atoms with Gasteiger partial charge in [0.15, 0.2) is 0 Å². The number of benzene rings is 2. The van der Waals surface area contributed by atoms with Crippen LogP contribution in [0.2, 0.25) is 0 Å². The van der Waals surface area contributed by atoms with Crippen LogP contribution in [0, 0.1) is 0 Å². The third-order valence-electron chi connectivity index (χ3n) is 7.88. The predicted octanol–water partition coefficient (Wildman–Crippen LogP) is 3.55. The van der Waals surface area contributed by atoms with Crippen molar-refractivity contribution in [3.05, 3.63) is 64.7 Å². The lowest BCUT2D eigenvalue weighted by Gasteiger charge is -2.34. The Labute approximate surface area is 232 Å². The molecule has 0 unspecified atom stereocenters. The quantitative estimate of drug-likeness (QED) is 0.632. The van der Waals surface area contributed by atoms with Crippen molar-refractivity contribution in [3.63, 3.8) is 0 Å². The van der Waals surface area contributed by atoms with Gasteiger partial charge in [-0.25, -0.2) is 4.79 Å². The molecule has 5 rings (SSSR count). The van der Waals surface area contributed by atoms with E-state index in [4.69, 9.17) is 4.74 Å². The lowest BCUT2D eigenvalue weighted by molar-refractivity contribution is 0.0263. The molecule has 1 N–H and O–H groups in total. The number of anilines is 1. The van der Waals surface area contributed by atoms with Gasteiger partial charge in [-0.1, -0.05) is 24.3 Å². The van der Waals surface area contributed by atoms with Crippen molar-refractivity contribution in [2.75, 3.05) is 57.3 Å². The highest BCUT2D eigenvalue weighted by Crippen LogP contribution is 2.26. The Hall–Kier alpha value is -3.10. The van der Waals surface area contributed by atoms with E-state index in [0.717, 1.165) is 62.3 Å². The largest absolute Gasteiger partial charge is 0.444 e. The molecule has 3 heterocycles. The van der Waals surface area contributed by atoms with Crippen molar-refractivity contribution < 1.29 is 19.4 Å². The number of hydrogen-bond acceptors (Lipinski definition) is 6. The molecule has 0 spiro atoms. The molecule has 8 nitrogen and oxygen atoms in total. The van der Waals surface area contributed by atoms with Gasteiger partial charge in [-0.3, -0.25) is 9.69 Å². The zero-order valence-corrected chi connectivity index (χ0v) is 23.6. The smallest absolute Gasteiger partial charge is 0.410 e. The average Bonchev–Trinajstić information content (AvgIpc) is 3.16. The zero-order chi connectivity index (χ0) is 27.6. The Morgan fingerprint density at radius 3 is 2.49 bits per heavy atom. The van der Waals surface area contributed by atoms with Crippen molar-refractivity contribution in [2.45, 2.75) is 58.3 Å². The summed E-state index contributed by atoms with van der Waals surface area (Å²) in [4.78, 5) is 34.0. The number of aliphatic hydroxyl groups excluding tert-OH is 1. The first-order valence-electron chi connectivity index (χ1n) is 14.3. The number of carbonyl (C=O) groups excluding carboxylic acids is 2. The fraction of sp³-hybridized carbons (Fsp3) is 0.548. The molecule has 8 heteroatoms. The van der Waals surface area contributed by atoms with E-state index in [9.17, 15) is 14.7 Å². The number of nitrogens with zero attached hydrogens (tertiary/aromatic N) is 4. The minimum absolute atomic E-state index is 0.00203. The molecule has 210 valence electrons. The topological polar surface area (TPSA) is 76.6 Å². The van der Waals surface area contributed by atoms with Crippen LogP contribution in [0.25, 0.3) is 0 Å². The number of carbonyl (C=O) groups is 2.